The van der Waals surface area contributed by atoms with Crippen molar-refractivity contribution in [3.05, 3.63) is 63.7 Å². The largest absolute Gasteiger partial charge is 0.490 e. The minimum atomic E-state index is -0.538. The molecule has 0 saturated carbocycles. The summed E-state index contributed by atoms with van der Waals surface area (Å²) in [6, 6.07) is 11.8. The van der Waals surface area contributed by atoms with E-state index in [4.69, 9.17) is 9.47 Å². The van der Waals surface area contributed by atoms with E-state index in [0.29, 0.717) is 17.0 Å². The minimum absolute atomic E-state index is 0.155. The molecule has 0 saturated heterocycles. The van der Waals surface area contributed by atoms with Gasteiger partial charge < -0.3 is 9.47 Å². The van der Waals surface area contributed by atoms with Crippen LogP contribution in [0.4, 0.5) is 5.69 Å². The molecule has 2 rings (SSSR count). The number of nitro benzene ring substituents is 1. The molecular formula is C18H19N3O5. The Morgan fingerprint density at radius 3 is 2.69 bits per heavy atom. The van der Waals surface area contributed by atoms with Crippen LogP contribution in [0.5, 0.6) is 11.5 Å². The lowest BCUT2D eigenvalue weighted by Gasteiger charge is -2.07. The molecule has 0 heterocycles. The second-order valence-electron chi connectivity index (χ2n) is 5.48. The maximum absolute atomic E-state index is 11.8. The van der Waals surface area contributed by atoms with Crippen LogP contribution in [0.3, 0.4) is 0 Å². The van der Waals surface area contributed by atoms with Crippen LogP contribution in [0.2, 0.25) is 0 Å². The molecule has 0 aromatic heterocycles. The third-order valence-electron chi connectivity index (χ3n) is 3.50. The van der Waals surface area contributed by atoms with E-state index in [1.807, 2.05) is 25.1 Å². The molecule has 26 heavy (non-hydrogen) atoms. The molecule has 0 bridgehead atoms. The maximum atomic E-state index is 11.8. The van der Waals surface area contributed by atoms with E-state index in [1.165, 1.54) is 19.2 Å². The van der Waals surface area contributed by atoms with Gasteiger partial charge in [0.2, 0.25) is 0 Å². The smallest absolute Gasteiger partial charge is 0.311 e. The van der Waals surface area contributed by atoms with E-state index < -0.39 is 10.8 Å². The number of methoxy groups -OCH3 is 1. The van der Waals surface area contributed by atoms with Gasteiger partial charge in [-0.05, 0) is 43.7 Å². The molecule has 0 aliphatic heterocycles. The van der Waals surface area contributed by atoms with Gasteiger partial charge in [0, 0.05) is 11.6 Å². The van der Waals surface area contributed by atoms with Gasteiger partial charge in [-0.2, -0.15) is 5.10 Å². The third-order valence-corrected chi connectivity index (χ3v) is 3.50. The first kappa shape index (κ1) is 18.9. The molecule has 2 aromatic carbocycles. The average Bonchev–Trinajstić information content (AvgIpc) is 2.63. The number of rotatable bonds is 7. The van der Waals surface area contributed by atoms with Crippen LogP contribution in [0, 0.1) is 17.0 Å². The summed E-state index contributed by atoms with van der Waals surface area (Å²) >= 11 is 0. The molecule has 0 atom stereocenters. The van der Waals surface area contributed by atoms with Crippen molar-refractivity contribution in [2.45, 2.75) is 13.8 Å². The number of carbonyl (C=O) groups excluding carboxylic acids is 1. The summed E-state index contributed by atoms with van der Waals surface area (Å²) in [5.41, 5.74) is 4.13. The third kappa shape index (κ3) is 5.04. The molecule has 0 radical (unpaired) electrons. The van der Waals surface area contributed by atoms with Gasteiger partial charge in [-0.25, -0.2) is 5.43 Å². The van der Waals surface area contributed by atoms with Crippen molar-refractivity contribution in [2.24, 2.45) is 5.10 Å². The molecule has 0 spiro atoms. The molecule has 136 valence electrons. The summed E-state index contributed by atoms with van der Waals surface area (Å²) in [6.07, 6.45) is 0. The molecule has 2 aromatic rings. The SMILES string of the molecule is COc1ccc(C(C)=NNC(=O)COc2cccc(C)c2)cc1[N+](=O)[O-]. The fourth-order valence-electron chi connectivity index (χ4n) is 2.15. The molecule has 0 aliphatic carbocycles. The van der Waals surface area contributed by atoms with Crippen molar-refractivity contribution in [1.82, 2.24) is 5.43 Å². The molecule has 1 amide bonds. The molecule has 0 aliphatic rings. The fraction of sp³-hybridized carbons (Fsp3) is 0.222. The number of hydrazone groups is 1. The predicted octanol–water partition coefficient (Wildman–Crippen LogP) is 2.83. The van der Waals surface area contributed by atoms with Crippen LogP contribution in [0.15, 0.2) is 47.6 Å². The quantitative estimate of drug-likeness (QED) is 0.466. The molecule has 8 heteroatoms. The number of carbonyl (C=O) groups is 1. The normalized spacial score (nSPS) is 11.0. The number of hydrogen-bond donors (Lipinski definition) is 1. The lowest BCUT2D eigenvalue weighted by atomic mass is 10.1. The number of nitrogens with zero attached hydrogens (tertiary/aromatic N) is 2. The second-order valence-corrected chi connectivity index (χ2v) is 5.48. The van der Waals surface area contributed by atoms with E-state index in [0.717, 1.165) is 5.56 Å². The Balaban J connectivity index is 2.00. The Hall–Kier alpha value is -3.42. The summed E-state index contributed by atoms with van der Waals surface area (Å²) in [4.78, 5) is 22.4. The number of hydrogen-bond acceptors (Lipinski definition) is 6. The highest BCUT2D eigenvalue weighted by atomic mass is 16.6. The number of ether oxygens (including phenoxy) is 2. The van der Waals surface area contributed by atoms with Crippen molar-refractivity contribution < 1.29 is 19.2 Å². The van der Waals surface area contributed by atoms with E-state index >= 15 is 0 Å². The standard InChI is InChI=1S/C18H19N3O5/c1-12-5-4-6-15(9-12)26-11-18(22)20-19-13(2)14-7-8-17(25-3)16(10-14)21(23)24/h4-10H,11H2,1-3H3,(H,20,22). The highest BCUT2D eigenvalue weighted by Crippen LogP contribution is 2.27. The van der Waals surface area contributed by atoms with Crippen molar-refractivity contribution in [2.75, 3.05) is 13.7 Å². The first-order chi connectivity index (χ1) is 12.4. The van der Waals surface area contributed by atoms with Crippen LogP contribution in [-0.2, 0) is 4.79 Å². The zero-order valence-electron chi connectivity index (χ0n) is 14.7. The topological polar surface area (TPSA) is 103 Å². The highest BCUT2D eigenvalue weighted by molar-refractivity contribution is 6.00. The van der Waals surface area contributed by atoms with Gasteiger partial charge in [-0.3, -0.25) is 14.9 Å². The Labute approximate surface area is 150 Å². The van der Waals surface area contributed by atoms with Gasteiger partial charge in [-0.1, -0.05) is 12.1 Å². The Morgan fingerprint density at radius 1 is 1.27 bits per heavy atom. The zero-order chi connectivity index (χ0) is 19.1. The van der Waals surface area contributed by atoms with E-state index in [-0.39, 0.29) is 18.0 Å². The molecule has 8 nitrogen and oxygen atoms in total. The van der Waals surface area contributed by atoms with Crippen LogP contribution >= 0.6 is 0 Å². The lowest BCUT2D eigenvalue weighted by Crippen LogP contribution is -2.25. The van der Waals surface area contributed by atoms with E-state index in [1.54, 1.807) is 19.1 Å². The zero-order valence-corrected chi connectivity index (χ0v) is 14.7. The van der Waals surface area contributed by atoms with E-state index in [9.17, 15) is 14.9 Å². The molecule has 0 fully saturated rings. The second kappa shape index (κ2) is 8.61. The molecule has 1 N–H and O–H groups in total. The number of nitrogens with one attached hydrogen (secondary N) is 1. The Kier molecular flexibility index (Phi) is 6.26. The van der Waals surface area contributed by atoms with Gasteiger partial charge in [0.05, 0.1) is 17.7 Å². The highest BCUT2D eigenvalue weighted by Gasteiger charge is 2.16. The number of benzene rings is 2. The van der Waals surface area contributed by atoms with Crippen LogP contribution in [0.25, 0.3) is 0 Å². The maximum Gasteiger partial charge on any atom is 0.311 e. The van der Waals surface area contributed by atoms with Crippen LogP contribution in [0.1, 0.15) is 18.1 Å². The van der Waals surface area contributed by atoms with Crippen molar-refractivity contribution in [3.63, 3.8) is 0 Å². The van der Waals surface area contributed by atoms with Crippen LogP contribution < -0.4 is 14.9 Å². The summed E-state index contributed by atoms with van der Waals surface area (Å²) in [5.74, 6) is 0.308. The summed E-state index contributed by atoms with van der Waals surface area (Å²) in [5, 5.41) is 15.0. The van der Waals surface area contributed by atoms with Crippen molar-refractivity contribution in [1.29, 1.82) is 0 Å². The summed E-state index contributed by atoms with van der Waals surface area (Å²) in [7, 11) is 1.36. The molecule has 0 unspecified atom stereocenters. The fourth-order valence-corrected chi connectivity index (χ4v) is 2.15. The summed E-state index contributed by atoms with van der Waals surface area (Å²) in [6.45, 7) is 3.37. The predicted molar refractivity (Wildman–Crippen MR) is 96.7 cm³/mol. The minimum Gasteiger partial charge on any atom is -0.490 e. The van der Waals surface area contributed by atoms with Crippen molar-refractivity contribution in [3.8, 4) is 11.5 Å². The first-order valence-corrected chi connectivity index (χ1v) is 7.76. The Bertz CT molecular complexity index is 848. The number of aryl methyl sites for hydroxylation is 1. The first-order valence-electron chi connectivity index (χ1n) is 7.76. The monoisotopic (exact) mass is 357 g/mol. The van der Waals surface area contributed by atoms with Gasteiger partial charge in [0.25, 0.3) is 5.91 Å². The average molecular weight is 357 g/mol. The van der Waals surface area contributed by atoms with Gasteiger partial charge >= 0.3 is 5.69 Å². The number of amides is 1. The Morgan fingerprint density at radius 2 is 2.04 bits per heavy atom. The van der Waals surface area contributed by atoms with Crippen LogP contribution in [-0.4, -0.2) is 30.3 Å². The van der Waals surface area contributed by atoms with Gasteiger partial charge in [0.1, 0.15) is 5.75 Å². The van der Waals surface area contributed by atoms with Gasteiger partial charge in [-0.15, -0.1) is 0 Å². The molecular weight excluding hydrogens is 338 g/mol. The summed E-state index contributed by atoms with van der Waals surface area (Å²) < 4.78 is 10.3. The van der Waals surface area contributed by atoms with Crippen molar-refractivity contribution >= 4 is 17.3 Å². The van der Waals surface area contributed by atoms with Gasteiger partial charge in [0.15, 0.2) is 12.4 Å². The lowest BCUT2D eigenvalue weighted by molar-refractivity contribution is -0.385. The van der Waals surface area contributed by atoms with E-state index in [2.05, 4.69) is 10.5 Å². The number of nitro groups is 1.